The van der Waals surface area contributed by atoms with E-state index in [1.165, 1.54) is 32.1 Å². The van der Waals surface area contributed by atoms with Gasteiger partial charge in [0.1, 0.15) is 6.54 Å². The third-order valence-electron chi connectivity index (χ3n) is 4.13. The Labute approximate surface area is 158 Å². The molecular weight excluding hydrogens is 403 g/mol. The minimum absolute atomic E-state index is 0. The van der Waals surface area contributed by atoms with Crippen LogP contribution < -0.4 is 10.6 Å². The molecule has 1 aliphatic rings. The highest BCUT2D eigenvalue weighted by molar-refractivity contribution is 14.0. The van der Waals surface area contributed by atoms with Crippen molar-refractivity contribution in [3.8, 4) is 0 Å². The number of carbonyl (C=O) groups is 1. The second-order valence-corrected chi connectivity index (χ2v) is 6.55. The molecule has 0 aliphatic heterocycles. The van der Waals surface area contributed by atoms with Crippen LogP contribution in [0.1, 0.15) is 46.0 Å². The number of nitrogens with zero attached hydrogens (tertiary/aromatic N) is 2. The minimum Gasteiger partial charge on any atom is -0.354 e. The van der Waals surface area contributed by atoms with Crippen molar-refractivity contribution >= 4 is 35.8 Å². The Balaban J connectivity index is 0.00000484. The van der Waals surface area contributed by atoms with Crippen LogP contribution in [0.3, 0.4) is 0 Å². The van der Waals surface area contributed by atoms with Crippen LogP contribution in [0, 0.1) is 5.92 Å². The summed E-state index contributed by atoms with van der Waals surface area (Å²) in [6, 6.07) is 0.449. The third kappa shape index (κ3) is 9.17. The number of likely N-dealkylation sites (N-methyl/N-ethyl adjacent to an activating group) is 1. The van der Waals surface area contributed by atoms with Gasteiger partial charge in [-0.3, -0.25) is 4.79 Å². The Morgan fingerprint density at radius 1 is 1.35 bits per heavy atom. The van der Waals surface area contributed by atoms with E-state index in [4.69, 9.17) is 0 Å². The van der Waals surface area contributed by atoms with Gasteiger partial charge >= 0.3 is 0 Å². The van der Waals surface area contributed by atoms with E-state index in [1.807, 2.05) is 6.92 Å². The number of hydrogen-bond donors (Lipinski definition) is 2. The molecule has 0 aromatic heterocycles. The number of amides is 1. The smallest absolute Gasteiger partial charge is 0.243 e. The zero-order valence-electron chi connectivity index (χ0n) is 15.0. The first-order valence-electron chi connectivity index (χ1n) is 8.31. The van der Waals surface area contributed by atoms with Crippen LogP contribution in [0.5, 0.6) is 0 Å². The molecule has 1 fully saturated rings. The van der Waals surface area contributed by atoms with Gasteiger partial charge in [-0.15, -0.1) is 24.0 Å². The van der Waals surface area contributed by atoms with Gasteiger partial charge in [-0.1, -0.05) is 38.3 Å². The van der Waals surface area contributed by atoms with Gasteiger partial charge in [-0.2, -0.15) is 0 Å². The Bertz CT molecular complexity index is 409. The monoisotopic (exact) mass is 436 g/mol. The molecule has 23 heavy (non-hydrogen) atoms. The average molecular weight is 436 g/mol. The van der Waals surface area contributed by atoms with Crippen molar-refractivity contribution in [1.29, 1.82) is 0 Å². The maximum atomic E-state index is 11.7. The van der Waals surface area contributed by atoms with Crippen LogP contribution in [0.25, 0.3) is 0 Å². The zero-order valence-corrected chi connectivity index (χ0v) is 17.4. The number of hydrogen-bond acceptors (Lipinski definition) is 2. The summed E-state index contributed by atoms with van der Waals surface area (Å²) in [6.45, 7) is 8.98. The normalized spacial score (nSPS) is 21.1. The number of halogens is 1. The molecule has 0 aromatic carbocycles. The zero-order chi connectivity index (χ0) is 16.5. The van der Waals surface area contributed by atoms with Crippen molar-refractivity contribution in [2.75, 3.05) is 27.2 Å². The van der Waals surface area contributed by atoms with E-state index in [0.29, 0.717) is 12.6 Å². The quantitative estimate of drug-likeness (QED) is 0.292. The number of rotatable bonds is 6. The third-order valence-corrected chi connectivity index (χ3v) is 4.13. The molecular formula is C17H33IN4O. The first-order chi connectivity index (χ1) is 10.4. The molecule has 2 unspecified atom stereocenters. The first kappa shape index (κ1) is 22.2. The Morgan fingerprint density at radius 3 is 2.61 bits per heavy atom. The van der Waals surface area contributed by atoms with Gasteiger partial charge in [0.05, 0.1) is 0 Å². The lowest BCUT2D eigenvalue weighted by Gasteiger charge is -2.30. The fourth-order valence-corrected chi connectivity index (χ4v) is 2.66. The van der Waals surface area contributed by atoms with Crippen LogP contribution in [-0.4, -0.2) is 50.0 Å². The van der Waals surface area contributed by atoms with E-state index in [1.54, 1.807) is 19.0 Å². The van der Waals surface area contributed by atoms with Gasteiger partial charge in [0.2, 0.25) is 5.91 Å². The summed E-state index contributed by atoms with van der Waals surface area (Å²) in [5, 5.41) is 6.76. The highest BCUT2D eigenvalue weighted by Gasteiger charge is 2.21. The molecule has 1 aliphatic carbocycles. The highest BCUT2D eigenvalue weighted by Crippen LogP contribution is 2.26. The molecule has 1 amide bonds. The maximum Gasteiger partial charge on any atom is 0.243 e. The van der Waals surface area contributed by atoms with Crippen LogP contribution in [0.2, 0.25) is 0 Å². The molecule has 0 heterocycles. The summed E-state index contributed by atoms with van der Waals surface area (Å²) in [4.78, 5) is 17.7. The Kier molecular flexibility index (Phi) is 11.3. The molecule has 0 bridgehead atoms. The first-order valence-corrected chi connectivity index (χ1v) is 8.31. The van der Waals surface area contributed by atoms with Gasteiger partial charge in [-0.05, 0) is 25.7 Å². The van der Waals surface area contributed by atoms with Gasteiger partial charge in [-0.25, -0.2) is 4.99 Å². The largest absolute Gasteiger partial charge is 0.354 e. The fourth-order valence-electron chi connectivity index (χ4n) is 2.66. The van der Waals surface area contributed by atoms with Crippen molar-refractivity contribution in [2.45, 2.75) is 52.0 Å². The second kappa shape index (κ2) is 11.7. The maximum absolute atomic E-state index is 11.7. The molecule has 0 saturated heterocycles. The highest BCUT2D eigenvalue weighted by atomic mass is 127. The summed E-state index contributed by atoms with van der Waals surface area (Å²) in [7, 11) is 3.50. The molecule has 1 rings (SSSR count). The van der Waals surface area contributed by atoms with E-state index >= 15 is 0 Å². The molecule has 0 radical (unpaired) electrons. The van der Waals surface area contributed by atoms with Crippen molar-refractivity contribution < 1.29 is 4.79 Å². The molecule has 1 saturated carbocycles. The van der Waals surface area contributed by atoms with Gasteiger partial charge in [0.15, 0.2) is 5.96 Å². The summed E-state index contributed by atoms with van der Waals surface area (Å²) in [6.07, 6.45) is 6.20. The van der Waals surface area contributed by atoms with Gasteiger partial charge < -0.3 is 15.5 Å². The van der Waals surface area contributed by atoms with Crippen LogP contribution in [0.4, 0.5) is 0 Å². The van der Waals surface area contributed by atoms with E-state index in [0.717, 1.165) is 17.5 Å². The average Bonchev–Trinajstić information content (AvgIpc) is 2.49. The predicted octanol–water partition coefficient (Wildman–Crippen LogP) is 2.77. The standard InChI is InChI=1S/C17H32N4O.HI/c1-6-14-8-7-9-15(10-14)20-17(18-11-13(2)3)19-12-16(22)21(4)5;/h14-15H,2,6-12H2,1,3-5H3,(H2,18,19,20);1H. The van der Waals surface area contributed by atoms with Crippen molar-refractivity contribution in [2.24, 2.45) is 10.9 Å². The molecule has 0 spiro atoms. The summed E-state index contributed by atoms with van der Waals surface area (Å²) < 4.78 is 0. The topological polar surface area (TPSA) is 56.7 Å². The van der Waals surface area contributed by atoms with E-state index in [-0.39, 0.29) is 36.4 Å². The van der Waals surface area contributed by atoms with E-state index in [2.05, 4.69) is 29.1 Å². The fraction of sp³-hybridized carbons (Fsp3) is 0.765. The summed E-state index contributed by atoms with van der Waals surface area (Å²) >= 11 is 0. The molecule has 0 aromatic rings. The lowest BCUT2D eigenvalue weighted by atomic mass is 9.84. The van der Waals surface area contributed by atoms with Crippen LogP contribution in [0.15, 0.2) is 17.1 Å². The molecule has 6 heteroatoms. The molecule has 2 atom stereocenters. The summed E-state index contributed by atoms with van der Waals surface area (Å²) in [5.74, 6) is 1.53. The summed E-state index contributed by atoms with van der Waals surface area (Å²) in [5.41, 5.74) is 1.04. The van der Waals surface area contributed by atoms with Crippen molar-refractivity contribution in [1.82, 2.24) is 15.5 Å². The number of nitrogens with one attached hydrogen (secondary N) is 2. The van der Waals surface area contributed by atoms with Crippen LogP contribution in [-0.2, 0) is 4.79 Å². The lowest BCUT2D eigenvalue weighted by Crippen LogP contribution is -2.46. The predicted molar refractivity (Wildman–Crippen MR) is 108 cm³/mol. The lowest BCUT2D eigenvalue weighted by molar-refractivity contribution is -0.127. The Morgan fingerprint density at radius 2 is 2.04 bits per heavy atom. The van der Waals surface area contributed by atoms with Crippen molar-refractivity contribution in [3.63, 3.8) is 0 Å². The molecule has 5 nitrogen and oxygen atoms in total. The van der Waals surface area contributed by atoms with Crippen LogP contribution >= 0.6 is 24.0 Å². The second-order valence-electron chi connectivity index (χ2n) is 6.55. The minimum atomic E-state index is 0. The number of aliphatic imine (C=N–C) groups is 1. The number of carbonyl (C=O) groups excluding carboxylic acids is 1. The Hall–Kier alpha value is -0.790. The van der Waals surface area contributed by atoms with E-state index < -0.39 is 0 Å². The van der Waals surface area contributed by atoms with Gasteiger partial charge in [0.25, 0.3) is 0 Å². The molecule has 134 valence electrons. The SMILES string of the molecule is C=C(C)CNC(=NCC(=O)N(C)C)NC1CCCC(CC)C1.I. The van der Waals surface area contributed by atoms with Gasteiger partial charge in [0, 0.05) is 26.7 Å². The van der Waals surface area contributed by atoms with E-state index in [9.17, 15) is 4.79 Å². The molecule has 2 N–H and O–H groups in total. The number of guanidine groups is 1. The van der Waals surface area contributed by atoms with Crippen molar-refractivity contribution in [3.05, 3.63) is 12.2 Å².